The van der Waals surface area contributed by atoms with Crippen LogP contribution in [0.4, 0.5) is 0 Å². The summed E-state index contributed by atoms with van der Waals surface area (Å²) in [5, 5.41) is 0.888. The summed E-state index contributed by atoms with van der Waals surface area (Å²) in [5.41, 5.74) is 2.30. The zero-order valence-corrected chi connectivity index (χ0v) is 13.9. The SMILES string of the molecule is CCCCCCCCC#CC#Cc1ccc(CBr)cc1. The van der Waals surface area contributed by atoms with Crippen LogP contribution < -0.4 is 0 Å². The van der Waals surface area contributed by atoms with Crippen molar-refractivity contribution in [1.29, 1.82) is 0 Å². The summed E-state index contributed by atoms with van der Waals surface area (Å²) in [4.78, 5) is 0. The van der Waals surface area contributed by atoms with E-state index in [9.17, 15) is 0 Å². The summed E-state index contributed by atoms with van der Waals surface area (Å²) in [6.45, 7) is 2.25. The molecule has 0 aliphatic carbocycles. The van der Waals surface area contributed by atoms with Crippen molar-refractivity contribution in [2.24, 2.45) is 0 Å². The van der Waals surface area contributed by atoms with Gasteiger partial charge in [-0.15, -0.1) is 0 Å². The van der Waals surface area contributed by atoms with Crippen molar-refractivity contribution in [2.45, 2.75) is 57.2 Å². The van der Waals surface area contributed by atoms with Crippen LogP contribution in [0.2, 0.25) is 0 Å². The van der Waals surface area contributed by atoms with Crippen LogP contribution in [-0.4, -0.2) is 0 Å². The fourth-order valence-corrected chi connectivity index (χ4v) is 2.25. The van der Waals surface area contributed by atoms with E-state index in [1.807, 2.05) is 12.1 Å². The molecule has 0 bridgehead atoms. The zero-order chi connectivity index (χ0) is 14.5. The number of rotatable bonds is 7. The molecular formula is C19H23Br. The number of alkyl halides is 1. The van der Waals surface area contributed by atoms with Crippen LogP contribution in [0.1, 0.15) is 63.0 Å². The molecule has 1 aromatic carbocycles. The minimum atomic E-state index is 0.888. The van der Waals surface area contributed by atoms with Crippen molar-refractivity contribution in [3.05, 3.63) is 35.4 Å². The van der Waals surface area contributed by atoms with E-state index in [0.717, 1.165) is 17.3 Å². The maximum atomic E-state index is 3.43. The van der Waals surface area contributed by atoms with E-state index in [1.165, 1.54) is 44.1 Å². The number of halogens is 1. The Labute approximate surface area is 132 Å². The van der Waals surface area contributed by atoms with Gasteiger partial charge in [-0.25, -0.2) is 0 Å². The summed E-state index contributed by atoms with van der Waals surface area (Å²) < 4.78 is 0. The maximum Gasteiger partial charge on any atom is 0.0283 e. The Balaban J connectivity index is 2.20. The van der Waals surface area contributed by atoms with Gasteiger partial charge in [0.25, 0.3) is 0 Å². The highest BCUT2D eigenvalue weighted by molar-refractivity contribution is 9.08. The van der Waals surface area contributed by atoms with Crippen molar-refractivity contribution in [3.63, 3.8) is 0 Å². The highest BCUT2D eigenvalue weighted by atomic mass is 79.9. The Hall–Kier alpha value is -1.18. The second-order valence-corrected chi connectivity index (χ2v) is 5.46. The molecule has 0 fully saturated rings. The second-order valence-electron chi connectivity index (χ2n) is 4.90. The van der Waals surface area contributed by atoms with Crippen molar-refractivity contribution >= 4 is 15.9 Å². The van der Waals surface area contributed by atoms with Crippen LogP contribution in [0, 0.1) is 23.7 Å². The lowest BCUT2D eigenvalue weighted by molar-refractivity contribution is 0.614. The Kier molecular flexibility index (Phi) is 9.81. The molecular weight excluding hydrogens is 308 g/mol. The first-order valence-corrected chi connectivity index (χ1v) is 8.62. The first-order valence-electron chi connectivity index (χ1n) is 7.50. The molecule has 1 rings (SSSR count). The molecule has 106 valence electrons. The summed E-state index contributed by atoms with van der Waals surface area (Å²) in [6.07, 6.45) is 8.88. The van der Waals surface area contributed by atoms with Crippen LogP contribution in [0.5, 0.6) is 0 Å². The van der Waals surface area contributed by atoms with Gasteiger partial charge in [-0.3, -0.25) is 0 Å². The molecule has 0 atom stereocenters. The summed E-state index contributed by atoms with van der Waals surface area (Å²) in [6, 6.07) is 8.25. The third-order valence-electron chi connectivity index (χ3n) is 3.12. The summed E-state index contributed by atoms with van der Waals surface area (Å²) in [7, 11) is 0. The molecule has 0 amide bonds. The highest BCUT2D eigenvalue weighted by Crippen LogP contribution is 2.07. The fourth-order valence-electron chi connectivity index (χ4n) is 1.88. The van der Waals surface area contributed by atoms with Gasteiger partial charge < -0.3 is 0 Å². The van der Waals surface area contributed by atoms with Crippen molar-refractivity contribution in [3.8, 4) is 23.7 Å². The van der Waals surface area contributed by atoms with Crippen LogP contribution in [0.3, 0.4) is 0 Å². The molecule has 0 N–H and O–H groups in total. The van der Waals surface area contributed by atoms with E-state index in [0.29, 0.717) is 0 Å². The van der Waals surface area contributed by atoms with E-state index >= 15 is 0 Å². The number of benzene rings is 1. The molecule has 0 aliphatic rings. The third-order valence-corrected chi connectivity index (χ3v) is 3.77. The van der Waals surface area contributed by atoms with Gasteiger partial charge in [0.2, 0.25) is 0 Å². The molecule has 0 nitrogen and oxygen atoms in total. The molecule has 20 heavy (non-hydrogen) atoms. The molecule has 0 unspecified atom stereocenters. The van der Waals surface area contributed by atoms with E-state index in [4.69, 9.17) is 0 Å². The first kappa shape index (κ1) is 16.9. The fraction of sp³-hybridized carbons (Fsp3) is 0.474. The summed E-state index contributed by atoms with van der Waals surface area (Å²) >= 11 is 3.43. The van der Waals surface area contributed by atoms with Crippen molar-refractivity contribution in [2.75, 3.05) is 0 Å². The molecule has 0 heterocycles. The molecule has 0 radical (unpaired) electrons. The van der Waals surface area contributed by atoms with Gasteiger partial charge in [0, 0.05) is 17.3 Å². The molecule has 1 heteroatoms. The Morgan fingerprint density at radius 1 is 0.900 bits per heavy atom. The lowest BCUT2D eigenvalue weighted by atomic mass is 10.1. The predicted octanol–water partition coefficient (Wildman–Crippen LogP) is 5.69. The van der Waals surface area contributed by atoms with Crippen LogP contribution in [0.25, 0.3) is 0 Å². The normalized spacial score (nSPS) is 9.30. The summed E-state index contributed by atoms with van der Waals surface area (Å²) in [5.74, 6) is 12.1. The van der Waals surface area contributed by atoms with Gasteiger partial charge in [0.15, 0.2) is 0 Å². The van der Waals surface area contributed by atoms with E-state index < -0.39 is 0 Å². The minimum absolute atomic E-state index is 0.888. The third kappa shape index (κ3) is 8.08. The quantitative estimate of drug-likeness (QED) is 0.342. The average Bonchev–Trinajstić information content (AvgIpc) is 2.50. The van der Waals surface area contributed by atoms with E-state index in [2.05, 4.69) is 58.7 Å². The van der Waals surface area contributed by atoms with Gasteiger partial charge >= 0.3 is 0 Å². The zero-order valence-electron chi connectivity index (χ0n) is 12.3. The maximum absolute atomic E-state index is 3.43. The van der Waals surface area contributed by atoms with Gasteiger partial charge in [-0.1, -0.05) is 78.9 Å². The Morgan fingerprint density at radius 2 is 1.60 bits per heavy atom. The second kappa shape index (κ2) is 11.6. The van der Waals surface area contributed by atoms with Crippen LogP contribution in [0.15, 0.2) is 24.3 Å². The molecule has 0 aromatic heterocycles. The largest absolute Gasteiger partial charge is 0.0891 e. The predicted molar refractivity (Wildman–Crippen MR) is 91.7 cm³/mol. The number of hydrogen-bond donors (Lipinski definition) is 0. The highest BCUT2D eigenvalue weighted by Gasteiger charge is 1.89. The standard InChI is InChI=1S/C19H23Br/c1-2-3-4-5-6-7-8-9-10-11-12-18-13-15-19(17-20)16-14-18/h13-16H,2-8,17H2,1H3. The monoisotopic (exact) mass is 330 g/mol. The van der Waals surface area contributed by atoms with Gasteiger partial charge in [-0.05, 0) is 36.0 Å². The number of unbranched alkanes of at least 4 members (excludes halogenated alkanes) is 6. The lowest BCUT2D eigenvalue weighted by Crippen LogP contribution is -1.78. The van der Waals surface area contributed by atoms with E-state index in [-0.39, 0.29) is 0 Å². The smallest absolute Gasteiger partial charge is 0.0283 e. The number of hydrogen-bond acceptors (Lipinski definition) is 0. The Morgan fingerprint density at radius 3 is 2.30 bits per heavy atom. The van der Waals surface area contributed by atoms with Crippen molar-refractivity contribution < 1.29 is 0 Å². The average molecular weight is 331 g/mol. The van der Waals surface area contributed by atoms with Crippen LogP contribution in [-0.2, 0) is 5.33 Å². The minimum Gasteiger partial charge on any atom is -0.0891 e. The molecule has 0 saturated carbocycles. The van der Waals surface area contributed by atoms with Crippen LogP contribution >= 0.6 is 15.9 Å². The molecule has 0 spiro atoms. The molecule has 0 aliphatic heterocycles. The van der Waals surface area contributed by atoms with Crippen molar-refractivity contribution in [1.82, 2.24) is 0 Å². The molecule has 1 aromatic rings. The van der Waals surface area contributed by atoms with Gasteiger partial charge in [0.1, 0.15) is 0 Å². The Bertz CT molecular complexity index is 476. The van der Waals surface area contributed by atoms with E-state index in [1.54, 1.807) is 0 Å². The lowest BCUT2D eigenvalue weighted by Gasteiger charge is -1.96. The molecule has 0 saturated heterocycles. The van der Waals surface area contributed by atoms with Gasteiger partial charge in [-0.2, -0.15) is 0 Å². The topological polar surface area (TPSA) is 0 Å². The van der Waals surface area contributed by atoms with Gasteiger partial charge in [0.05, 0.1) is 0 Å². The first-order chi connectivity index (χ1) is 9.86.